The third-order valence-corrected chi connectivity index (χ3v) is 4.05. The van der Waals surface area contributed by atoms with Crippen molar-refractivity contribution in [2.45, 2.75) is 39.3 Å². The SMILES string of the molecule is CC1CCCN(C(=O)Cn2cccc2C(=O)O)C1C. The van der Waals surface area contributed by atoms with Gasteiger partial charge < -0.3 is 14.6 Å². The molecule has 2 heterocycles. The zero-order chi connectivity index (χ0) is 14.0. The molecule has 104 valence electrons. The van der Waals surface area contributed by atoms with Gasteiger partial charge in [-0.25, -0.2) is 4.79 Å². The smallest absolute Gasteiger partial charge is 0.352 e. The first kappa shape index (κ1) is 13.6. The Labute approximate surface area is 112 Å². The Morgan fingerprint density at radius 3 is 2.84 bits per heavy atom. The summed E-state index contributed by atoms with van der Waals surface area (Å²) in [5, 5.41) is 9.03. The Morgan fingerprint density at radius 1 is 1.42 bits per heavy atom. The quantitative estimate of drug-likeness (QED) is 0.906. The molecule has 0 radical (unpaired) electrons. The molecule has 1 aromatic rings. The molecule has 0 saturated carbocycles. The minimum Gasteiger partial charge on any atom is -0.477 e. The summed E-state index contributed by atoms with van der Waals surface area (Å²) in [4.78, 5) is 25.2. The molecule has 2 rings (SSSR count). The van der Waals surface area contributed by atoms with Gasteiger partial charge in [-0.3, -0.25) is 4.79 Å². The molecule has 1 aliphatic rings. The van der Waals surface area contributed by atoms with Gasteiger partial charge in [-0.1, -0.05) is 6.92 Å². The van der Waals surface area contributed by atoms with E-state index in [2.05, 4.69) is 13.8 Å². The molecule has 2 unspecified atom stereocenters. The van der Waals surface area contributed by atoms with E-state index >= 15 is 0 Å². The first-order valence-electron chi connectivity index (χ1n) is 6.68. The van der Waals surface area contributed by atoms with Crippen LogP contribution in [0, 0.1) is 5.92 Å². The molecule has 1 fully saturated rings. The summed E-state index contributed by atoms with van der Waals surface area (Å²) >= 11 is 0. The van der Waals surface area contributed by atoms with Gasteiger partial charge in [0.2, 0.25) is 5.91 Å². The van der Waals surface area contributed by atoms with Crippen LogP contribution in [0.5, 0.6) is 0 Å². The lowest BCUT2D eigenvalue weighted by atomic mass is 9.92. The number of nitrogens with zero attached hydrogens (tertiary/aromatic N) is 2. The lowest BCUT2D eigenvalue weighted by molar-refractivity contribution is -0.136. The van der Waals surface area contributed by atoms with Crippen LogP contribution in [-0.2, 0) is 11.3 Å². The molecule has 19 heavy (non-hydrogen) atoms. The summed E-state index contributed by atoms with van der Waals surface area (Å²) in [6.45, 7) is 5.09. The third-order valence-electron chi connectivity index (χ3n) is 4.05. The summed E-state index contributed by atoms with van der Waals surface area (Å²) in [5.74, 6) is -0.503. The Balaban J connectivity index is 2.08. The van der Waals surface area contributed by atoms with Gasteiger partial charge >= 0.3 is 5.97 Å². The first-order chi connectivity index (χ1) is 9.00. The lowest BCUT2D eigenvalue weighted by Gasteiger charge is -2.38. The van der Waals surface area contributed by atoms with Gasteiger partial charge in [0, 0.05) is 18.8 Å². The highest BCUT2D eigenvalue weighted by molar-refractivity contribution is 5.87. The van der Waals surface area contributed by atoms with Crippen LogP contribution in [0.3, 0.4) is 0 Å². The van der Waals surface area contributed by atoms with E-state index in [4.69, 9.17) is 5.11 Å². The third kappa shape index (κ3) is 2.80. The van der Waals surface area contributed by atoms with Crippen molar-refractivity contribution in [1.82, 2.24) is 9.47 Å². The van der Waals surface area contributed by atoms with E-state index in [0.29, 0.717) is 5.92 Å². The average molecular weight is 264 g/mol. The van der Waals surface area contributed by atoms with Gasteiger partial charge in [0.05, 0.1) is 0 Å². The molecular weight excluding hydrogens is 244 g/mol. The molecule has 0 aromatic carbocycles. The van der Waals surface area contributed by atoms with Crippen molar-refractivity contribution in [2.75, 3.05) is 6.54 Å². The summed E-state index contributed by atoms with van der Waals surface area (Å²) in [6.07, 6.45) is 3.81. The second-order valence-electron chi connectivity index (χ2n) is 5.27. The first-order valence-corrected chi connectivity index (χ1v) is 6.68. The Hall–Kier alpha value is -1.78. The van der Waals surface area contributed by atoms with E-state index in [1.54, 1.807) is 12.3 Å². The molecule has 2 atom stereocenters. The Kier molecular flexibility index (Phi) is 3.93. The predicted molar refractivity (Wildman–Crippen MR) is 71.0 cm³/mol. The number of carboxylic acids is 1. The molecule has 1 aliphatic heterocycles. The van der Waals surface area contributed by atoms with E-state index in [1.807, 2.05) is 4.90 Å². The average Bonchev–Trinajstić information content (AvgIpc) is 2.80. The van der Waals surface area contributed by atoms with Crippen LogP contribution < -0.4 is 0 Å². The van der Waals surface area contributed by atoms with E-state index in [9.17, 15) is 9.59 Å². The van der Waals surface area contributed by atoms with Crippen LogP contribution in [0.25, 0.3) is 0 Å². The minimum absolute atomic E-state index is 0.00208. The van der Waals surface area contributed by atoms with Crippen LogP contribution in [0.2, 0.25) is 0 Å². The van der Waals surface area contributed by atoms with Crippen molar-refractivity contribution < 1.29 is 14.7 Å². The number of hydrogen-bond acceptors (Lipinski definition) is 2. The number of aromatic carboxylic acids is 1. The topological polar surface area (TPSA) is 62.5 Å². The van der Waals surface area contributed by atoms with E-state index < -0.39 is 5.97 Å². The molecule has 5 nitrogen and oxygen atoms in total. The number of rotatable bonds is 3. The second kappa shape index (κ2) is 5.47. The fourth-order valence-electron chi connectivity index (χ4n) is 2.67. The summed E-state index contributed by atoms with van der Waals surface area (Å²) in [7, 11) is 0. The van der Waals surface area contributed by atoms with Crippen LogP contribution in [-0.4, -0.2) is 39.0 Å². The van der Waals surface area contributed by atoms with Gasteiger partial charge in [0.1, 0.15) is 12.2 Å². The van der Waals surface area contributed by atoms with Crippen molar-refractivity contribution in [2.24, 2.45) is 5.92 Å². The van der Waals surface area contributed by atoms with Gasteiger partial charge in [0.25, 0.3) is 0 Å². The van der Waals surface area contributed by atoms with Gasteiger partial charge in [-0.2, -0.15) is 0 Å². The van der Waals surface area contributed by atoms with Crippen LogP contribution in [0.1, 0.15) is 37.2 Å². The molecule has 0 spiro atoms. The van der Waals surface area contributed by atoms with Crippen molar-refractivity contribution >= 4 is 11.9 Å². The molecule has 1 amide bonds. The van der Waals surface area contributed by atoms with Gasteiger partial charge in [0.15, 0.2) is 0 Å². The van der Waals surface area contributed by atoms with E-state index in [0.717, 1.165) is 19.4 Å². The Morgan fingerprint density at radius 2 is 2.16 bits per heavy atom. The number of piperidine rings is 1. The number of carbonyl (C=O) groups is 2. The van der Waals surface area contributed by atoms with Crippen LogP contribution in [0.4, 0.5) is 0 Å². The molecule has 1 N–H and O–H groups in total. The summed E-state index contributed by atoms with van der Waals surface area (Å²) in [5.41, 5.74) is 0.158. The molecule has 1 saturated heterocycles. The van der Waals surface area contributed by atoms with Crippen LogP contribution >= 0.6 is 0 Å². The maximum Gasteiger partial charge on any atom is 0.352 e. The normalized spacial score (nSPS) is 23.4. The standard InChI is InChI=1S/C14H20N2O3/c1-10-5-3-8-16(11(10)2)13(17)9-15-7-4-6-12(15)14(18)19/h4,6-7,10-11H,3,5,8-9H2,1-2H3,(H,18,19). The maximum atomic E-state index is 12.3. The number of hydrogen-bond donors (Lipinski definition) is 1. The predicted octanol–water partition coefficient (Wildman–Crippen LogP) is 1.83. The summed E-state index contributed by atoms with van der Waals surface area (Å²) < 4.78 is 1.50. The van der Waals surface area contributed by atoms with E-state index in [-0.39, 0.29) is 24.2 Å². The highest BCUT2D eigenvalue weighted by atomic mass is 16.4. The molecule has 1 aromatic heterocycles. The lowest BCUT2D eigenvalue weighted by Crippen LogP contribution is -2.47. The minimum atomic E-state index is -1.00. The fourth-order valence-corrected chi connectivity index (χ4v) is 2.67. The molecule has 5 heteroatoms. The van der Waals surface area contributed by atoms with Crippen molar-refractivity contribution in [3.8, 4) is 0 Å². The second-order valence-corrected chi connectivity index (χ2v) is 5.27. The van der Waals surface area contributed by atoms with Crippen LogP contribution in [0.15, 0.2) is 18.3 Å². The maximum absolute atomic E-state index is 12.3. The number of carboxylic acid groups (broad SMARTS) is 1. The molecular formula is C14H20N2O3. The molecule has 0 bridgehead atoms. The van der Waals surface area contributed by atoms with Gasteiger partial charge in [-0.15, -0.1) is 0 Å². The van der Waals surface area contributed by atoms with Crippen molar-refractivity contribution in [3.05, 3.63) is 24.0 Å². The number of aromatic nitrogens is 1. The zero-order valence-electron chi connectivity index (χ0n) is 11.4. The highest BCUT2D eigenvalue weighted by Crippen LogP contribution is 2.23. The van der Waals surface area contributed by atoms with Gasteiger partial charge in [-0.05, 0) is 37.8 Å². The largest absolute Gasteiger partial charge is 0.477 e. The van der Waals surface area contributed by atoms with Crippen molar-refractivity contribution in [1.29, 1.82) is 0 Å². The zero-order valence-corrected chi connectivity index (χ0v) is 11.4. The monoisotopic (exact) mass is 264 g/mol. The van der Waals surface area contributed by atoms with Crippen molar-refractivity contribution in [3.63, 3.8) is 0 Å². The van der Waals surface area contributed by atoms with E-state index in [1.165, 1.54) is 10.6 Å². The molecule has 0 aliphatic carbocycles. The number of carbonyl (C=O) groups excluding carboxylic acids is 1. The fraction of sp³-hybridized carbons (Fsp3) is 0.571. The number of amides is 1. The number of likely N-dealkylation sites (tertiary alicyclic amines) is 1. The Bertz CT molecular complexity index is 481. The highest BCUT2D eigenvalue weighted by Gasteiger charge is 2.28. The summed E-state index contributed by atoms with van der Waals surface area (Å²) in [6, 6.07) is 3.39.